The number of sulfonamides is 1. The first kappa shape index (κ1) is 10.9. The van der Waals surface area contributed by atoms with Crippen molar-refractivity contribution in [3.05, 3.63) is 41.3 Å². The molecule has 3 nitrogen and oxygen atoms in total. The molecule has 76 valence electrons. The van der Waals surface area contributed by atoms with E-state index < -0.39 is 10.0 Å². The van der Waals surface area contributed by atoms with E-state index in [0.717, 1.165) is 5.56 Å². The molecule has 0 radical (unpaired) electrons. The van der Waals surface area contributed by atoms with Crippen molar-refractivity contribution in [1.29, 1.82) is 0 Å². The van der Waals surface area contributed by atoms with Crippen LogP contribution in [0, 0.1) is 0 Å². The molecule has 0 aliphatic heterocycles. The van der Waals surface area contributed by atoms with E-state index in [1.54, 1.807) is 6.08 Å². The molecule has 0 heterocycles. The molecule has 0 fully saturated rings. The molecule has 0 aliphatic carbocycles. The maximum Gasteiger partial charge on any atom is 0.235 e. The van der Waals surface area contributed by atoms with Gasteiger partial charge < -0.3 is 0 Å². The fourth-order valence-corrected chi connectivity index (χ4v) is 1.42. The van der Waals surface area contributed by atoms with Gasteiger partial charge in [-0.15, -0.1) is 0 Å². The molecule has 1 aromatic carbocycles. The molecule has 1 rings (SSSR count). The Labute approximate surface area is 84.7 Å². The topological polar surface area (TPSA) is 37.4 Å². The third-order valence-electron chi connectivity index (χ3n) is 1.74. The second kappa shape index (κ2) is 4.39. The molecule has 0 atom stereocenters. The summed E-state index contributed by atoms with van der Waals surface area (Å²) in [6.45, 7) is 0. The number of rotatable bonds is 3. The van der Waals surface area contributed by atoms with Crippen LogP contribution in [-0.2, 0) is 10.0 Å². The van der Waals surface area contributed by atoms with Gasteiger partial charge in [-0.3, -0.25) is 0 Å². The third-order valence-corrected chi connectivity index (χ3v) is 3.24. The Morgan fingerprint density at radius 3 is 2.21 bits per heavy atom. The van der Waals surface area contributed by atoms with E-state index >= 15 is 0 Å². The zero-order valence-corrected chi connectivity index (χ0v) is 9.03. The Balaban J connectivity index is 2.85. The molecular formula is C10H13NO2S. The third kappa shape index (κ3) is 2.97. The predicted molar refractivity (Wildman–Crippen MR) is 58.1 cm³/mol. The normalized spacial score (nSPS) is 12.5. The number of hydrogen-bond acceptors (Lipinski definition) is 2. The van der Waals surface area contributed by atoms with Gasteiger partial charge >= 0.3 is 0 Å². The fourth-order valence-electron chi connectivity index (χ4n) is 0.850. The van der Waals surface area contributed by atoms with Crippen molar-refractivity contribution in [3.63, 3.8) is 0 Å². The summed E-state index contributed by atoms with van der Waals surface area (Å²) >= 11 is 0. The molecule has 0 aliphatic rings. The molecule has 1 aromatic rings. The quantitative estimate of drug-likeness (QED) is 0.760. The highest BCUT2D eigenvalue weighted by atomic mass is 32.2. The number of nitrogens with zero attached hydrogens (tertiary/aromatic N) is 1. The SMILES string of the molecule is CN(C)S(=O)(=O)/C=C/c1ccccc1. The van der Waals surface area contributed by atoms with Gasteiger partial charge in [-0.05, 0) is 11.6 Å². The van der Waals surface area contributed by atoms with Gasteiger partial charge in [-0.25, -0.2) is 12.7 Å². The lowest BCUT2D eigenvalue weighted by molar-refractivity contribution is 0.531. The van der Waals surface area contributed by atoms with Gasteiger partial charge in [0.05, 0.1) is 0 Å². The van der Waals surface area contributed by atoms with Crippen LogP contribution in [0.25, 0.3) is 6.08 Å². The van der Waals surface area contributed by atoms with Gasteiger partial charge in [0.15, 0.2) is 0 Å². The Kier molecular flexibility index (Phi) is 3.43. The number of benzene rings is 1. The van der Waals surface area contributed by atoms with Gasteiger partial charge in [0.25, 0.3) is 0 Å². The monoisotopic (exact) mass is 211 g/mol. The molecule has 0 saturated heterocycles. The summed E-state index contributed by atoms with van der Waals surface area (Å²) in [7, 11) is -0.234. The molecule has 0 aromatic heterocycles. The van der Waals surface area contributed by atoms with E-state index in [9.17, 15) is 8.42 Å². The van der Waals surface area contributed by atoms with Crippen molar-refractivity contribution in [2.24, 2.45) is 0 Å². The Morgan fingerprint density at radius 1 is 1.14 bits per heavy atom. The summed E-state index contributed by atoms with van der Waals surface area (Å²) in [5.74, 6) is 0. The zero-order chi connectivity index (χ0) is 10.6. The van der Waals surface area contributed by atoms with Gasteiger partial charge in [-0.1, -0.05) is 30.3 Å². The first-order valence-corrected chi connectivity index (χ1v) is 5.68. The fraction of sp³-hybridized carbons (Fsp3) is 0.200. The molecule has 0 bridgehead atoms. The van der Waals surface area contributed by atoms with Gasteiger partial charge in [-0.2, -0.15) is 0 Å². The van der Waals surface area contributed by atoms with Crippen molar-refractivity contribution < 1.29 is 8.42 Å². The van der Waals surface area contributed by atoms with Crippen molar-refractivity contribution in [2.45, 2.75) is 0 Å². The highest BCUT2D eigenvalue weighted by Crippen LogP contribution is 2.04. The van der Waals surface area contributed by atoms with Crippen LogP contribution in [0.3, 0.4) is 0 Å². The van der Waals surface area contributed by atoms with Crippen LogP contribution >= 0.6 is 0 Å². The summed E-state index contributed by atoms with van der Waals surface area (Å²) in [5, 5.41) is 1.20. The minimum atomic E-state index is -3.24. The Bertz CT molecular complexity index is 407. The lowest BCUT2D eigenvalue weighted by Gasteiger charge is -2.05. The second-order valence-electron chi connectivity index (χ2n) is 3.04. The maximum absolute atomic E-state index is 11.3. The molecule has 0 N–H and O–H groups in total. The van der Waals surface area contributed by atoms with Gasteiger partial charge in [0.2, 0.25) is 10.0 Å². The van der Waals surface area contributed by atoms with E-state index in [1.807, 2.05) is 30.3 Å². The smallest absolute Gasteiger partial charge is 0.208 e. The predicted octanol–water partition coefficient (Wildman–Crippen LogP) is 1.55. The largest absolute Gasteiger partial charge is 0.235 e. The summed E-state index contributed by atoms with van der Waals surface area (Å²) in [5.41, 5.74) is 0.873. The average molecular weight is 211 g/mol. The van der Waals surface area contributed by atoms with E-state index in [0.29, 0.717) is 0 Å². The Hall–Kier alpha value is -1.13. The van der Waals surface area contributed by atoms with Crippen LogP contribution in [0.5, 0.6) is 0 Å². The minimum absolute atomic E-state index is 0.873. The summed E-state index contributed by atoms with van der Waals surface area (Å²) in [4.78, 5) is 0. The van der Waals surface area contributed by atoms with E-state index in [-0.39, 0.29) is 0 Å². The summed E-state index contributed by atoms with van der Waals surface area (Å²) in [6.07, 6.45) is 1.58. The lowest BCUT2D eigenvalue weighted by Crippen LogP contribution is -2.19. The van der Waals surface area contributed by atoms with Crippen molar-refractivity contribution >= 4 is 16.1 Å². The van der Waals surface area contributed by atoms with E-state index in [2.05, 4.69) is 0 Å². The Morgan fingerprint density at radius 2 is 1.71 bits per heavy atom. The van der Waals surface area contributed by atoms with Crippen molar-refractivity contribution in [1.82, 2.24) is 4.31 Å². The molecular weight excluding hydrogens is 198 g/mol. The van der Waals surface area contributed by atoms with E-state index in [4.69, 9.17) is 0 Å². The average Bonchev–Trinajstić information content (AvgIpc) is 2.16. The molecule has 4 heteroatoms. The molecule has 0 saturated carbocycles. The van der Waals surface area contributed by atoms with Crippen LogP contribution in [0.2, 0.25) is 0 Å². The van der Waals surface area contributed by atoms with Crippen LogP contribution in [0.1, 0.15) is 5.56 Å². The molecule has 0 amide bonds. The van der Waals surface area contributed by atoms with Crippen LogP contribution in [0.15, 0.2) is 35.7 Å². The zero-order valence-electron chi connectivity index (χ0n) is 8.21. The van der Waals surface area contributed by atoms with Gasteiger partial charge in [0.1, 0.15) is 0 Å². The van der Waals surface area contributed by atoms with Crippen LogP contribution in [-0.4, -0.2) is 26.8 Å². The van der Waals surface area contributed by atoms with Crippen molar-refractivity contribution in [2.75, 3.05) is 14.1 Å². The van der Waals surface area contributed by atoms with Crippen LogP contribution < -0.4 is 0 Å². The second-order valence-corrected chi connectivity index (χ2v) is 5.07. The first-order valence-electron chi connectivity index (χ1n) is 4.18. The molecule has 14 heavy (non-hydrogen) atoms. The lowest BCUT2D eigenvalue weighted by atomic mass is 10.2. The van der Waals surface area contributed by atoms with Crippen molar-refractivity contribution in [3.8, 4) is 0 Å². The summed E-state index contributed by atoms with van der Waals surface area (Å²) < 4.78 is 23.9. The van der Waals surface area contributed by atoms with E-state index in [1.165, 1.54) is 23.8 Å². The molecule has 0 spiro atoms. The van der Waals surface area contributed by atoms with Gasteiger partial charge in [0, 0.05) is 19.5 Å². The standard InChI is InChI=1S/C10H13NO2S/c1-11(2)14(12,13)9-8-10-6-4-3-5-7-10/h3-9H,1-2H3/b9-8+. The minimum Gasteiger partial charge on any atom is -0.208 e. The molecule has 0 unspecified atom stereocenters. The highest BCUT2D eigenvalue weighted by molar-refractivity contribution is 7.92. The van der Waals surface area contributed by atoms with Crippen LogP contribution in [0.4, 0.5) is 0 Å². The maximum atomic E-state index is 11.3. The first-order chi connectivity index (χ1) is 6.52. The number of hydrogen-bond donors (Lipinski definition) is 0. The highest BCUT2D eigenvalue weighted by Gasteiger charge is 2.07. The summed E-state index contributed by atoms with van der Waals surface area (Å²) in [6, 6.07) is 9.31.